The van der Waals surface area contributed by atoms with Crippen LogP contribution in [0, 0.1) is 6.92 Å². The third kappa shape index (κ3) is 5.05. The van der Waals surface area contributed by atoms with Crippen molar-refractivity contribution >= 4 is 15.9 Å². The van der Waals surface area contributed by atoms with Gasteiger partial charge in [0.1, 0.15) is 0 Å². The number of aryl methyl sites for hydroxylation is 1. The number of hydrogen-bond acceptors (Lipinski definition) is 4. The van der Waals surface area contributed by atoms with Gasteiger partial charge in [-0.1, -0.05) is 42.8 Å². The second kappa shape index (κ2) is 10.1. The summed E-state index contributed by atoms with van der Waals surface area (Å²) in [6.07, 6.45) is 5.18. The maximum Gasteiger partial charge on any atom is 0.251 e. The molecule has 0 saturated carbocycles. The molecule has 2 heterocycles. The van der Waals surface area contributed by atoms with Crippen LogP contribution in [-0.2, 0) is 10.0 Å². The molecule has 2 aromatic carbocycles. The molecule has 0 aromatic heterocycles. The summed E-state index contributed by atoms with van der Waals surface area (Å²) in [5.74, 6) is -0.224. The Morgan fingerprint density at radius 2 is 1.59 bits per heavy atom. The normalized spacial score (nSPS) is 19.0. The van der Waals surface area contributed by atoms with Crippen molar-refractivity contribution in [1.29, 1.82) is 0 Å². The summed E-state index contributed by atoms with van der Waals surface area (Å²) in [7, 11) is -3.58. The number of nitrogens with zero attached hydrogens (tertiary/aromatic N) is 2. The molecule has 0 spiro atoms. The Labute approximate surface area is 191 Å². The van der Waals surface area contributed by atoms with E-state index in [2.05, 4.69) is 22.3 Å². The Hall–Kier alpha value is -2.22. The zero-order chi connectivity index (χ0) is 22.6. The molecule has 2 saturated heterocycles. The second-order valence-corrected chi connectivity index (χ2v) is 10.8. The predicted octanol–water partition coefficient (Wildman–Crippen LogP) is 3.74. The lowest BCUT2D eigenvalue weighted by molar-refractivity contribution is 0.0937. The first kappa shape index (κ1) is 23.0. The molecule has 32 heavy (non-hydrogen) atoms. The molecule has 1 amide bonds. The van der Waals surface area contributed by atoms with Gasteiger partial charge in [0.25, 0.3) is 5.91 Å². The smallest absolute Gasteiger partial charge is 0.251 e. The van der Waals surface area contributed by atoms with Gasteiger partial charge in [-0.05, 0) is 69.0 Å². The van der Waals surface area contributed by atoms with Gasteiger partial charge in [0.05, 0.1) is 10.9 Å². The van der Waals surface area contributed by atoms with Crippen LogP contribution in [0.25, 0.3) is 0 Å². The quantitative estimate of drug-likeness (QED) is 0.691. The predicted molar refractivity (Wildman–Crippen MR) is 126 cm³/mol. The number of carbonyl (C=O) groups excluding carboxylic acids is 1. The van der Waals surface area contributed by atoms with E-state index in [1.54, 1.807) is 22.5 Å². The van der Waals surface area contributed by atoms with Crippen molar-refractivity contribution in [2.45, 2.75) is 50.0 Å². The van der Waals surface area contributed by atoms with E-state index in [4.69, 9.17) is 0 Å². The average Bonchev–Trinajstić information content (AvgIpc) is 3.35. The molecule has 6 nitrogen and oxygen atoms in total. The Kier molecular flexibility index (Phi) is 7.28. The Morgan fingerprint density at radius 3 is 2.28 bits per heavy atom. The highest BCUT2D eigenvalue weighted by atomic mass is 32.2. The summed E-state index contributed by atoms with van der Waals surface area (Å²) in [6, 6.07) is 15.3. The third-order valence-corrected chi connectivity index (χ3v) is 8.52. The monoisotopic (exact) mass is 455 g/mol. The summed E-state index contributed by atoms with van der Waals surface area (Å²) < 4.78 is 27.7. The summed E-state index contributed by atoms with van der Waals surface area (Å²) in [4.78, 5) is 15.8. The third-order valence-electron chi connectivity index (χ3n) is 6.63. The number of carbonyl (C=O) groups is 1. The van der Waals surface area contributed by atoms with Gasteiger partial charge < -0.3 is 5.32 Å². The van der Waals surface area contributed by atoms with E-state index in [1.165, 1.54) is 18.4 Å². The van der Waals surface area contributed by atoms with Crippen LogP contribution >= 0.6 is 0 Å². The van der Waals surface area contributed by atoms with Crippen molar-refractivity contribution in [3.8, 4) is 0 Å². The first-order valence-corrected chi connectivity index (χ1v) is 13.1. The van der Waals surface area contributed by atoms with Crippen molar-refractivity contribution < 1.29 is 13.2 Å². The summed E-state index contributed by atoms with van der Waals surface area (Å²) >= 11 is 0. The molecule has 172 valence electrons. The van der Waals surface area contributed by atoms with Crippen molar-refractivity contribution in [3.63, 3.8) is 0 Å². The molecule has 0 radical (unpaired) electrons. The highest BCUT2D eigenvalue weighted by molar-refractivity contribution is 7.89. The van der Waals surface area contributed by atoms with Crippen LogP contribution in [0.3, 0.4) is 0 Å². The standard InChI is InChI=1S/C25H33N3O3S/c1-20-12-13-22(32(30,31)28-16-6-3-7-17-28)18-23(20)25(29)26-19-24(27-14-8-9-15-27)21-10-4-2-5-11-21/h2,4-5,10-13,18,24H,3,6-9,14-17,19H2,1H3,(H,26,29). The number of rotatable bonds is 7. The number of hydrogen-bond donors (Lipinski definition) is 1. The van der Waals surface area contributed by atoms with E-state index in [0.717, 1.165) is 37.9 Å². The molecule has 0 aliphatic carbocycles. The minimum atomic E-state index is -3.58. The maximum absolute atomic E-state index is 13.1. The zero-order valence-electron chi connectivity index (χ0n) is 18.8. The molecular formula is C25H33N3O3S. The molecule has 2 aliphatic rings. The van der Waals surface area contributed by atoms with Crippen LogP contribution in [-0.4, -0.2) is 56.3 Å². The Morgan fingerprint density at radius 1 is 0.938 bits per heavy atom. The number of benzene rings is 2. The zero-order valence-corrected chi connectivity index (χ0v) is 19.6. The fourth-order valence-electron chi connectivity index (χ4n) is 4.73. The first-order valence-electron chi connectivity index (χ1n) is 11.6. The summed E-state index contributed by atoms with van der Waals surface area (Å²) in [5, 5.41) is 3.08. The van der Waals surface area contributed by atoms with Gasteiger partial charge in [-0.15, -0.1) is 0 Å². The van der Waals surface area contributed by atoms with Crippen molar-refractivity contribution in [2.75, 3.05) is 32.7 Å². The van der Waals surface area contributed by atoms with Gasteiger partial charge in [-0.3, -0.25) is 9.69 Å². The molecule has 7 heteroatoms. The second-order valence-electron chi connectivity index (χ2n) is 8.82. The van der Waals surface area contributed by atoms with Crippen molar-refractivity contribution in [1.82, 2.24) is 14.5 Å². The Bertz CT molecular complexity index is 1030. The van der Waals surface area contributed by atoms with Crippen molar-refractivity contribution in [3.05, 3.63) is 65.2 Å². The van der Waals surface area contributed by atoms with E-state index >= 15 is 0 Å². The molecule has 4 rings (SSSR count). The highest BCUT2D eigenvalue weighted by Gasteiger charge is 2.28. The van der Waals surface area contributed by atoms with E-state index in [1.807, 2.05) is 25.1 Å². The lowest BCUT2D eigenvalue weighted by atomic mass is 10.0. The molecule has 1 N–H and O–H groups in total. The number of piperidine rings is 1. The van der Waals surface area contributed by atoms with Crippen LogP contribution in [0.1, 0.15) is 59.6 Å². The van der Waals surface area contributed by atoms with Gasteiger partial charge in [-0.2, -0.15) is 4.31 Å². The van der Waals surface area contributed by atoms with Gasteiger partial charge in [0.2, 0.25) is 10.0 Å². The van der Waals surface area contributed by atoms with E-state index in [9.17, 15) is 13.2 Å². The van der Waals surface area contributed by atoms with E-state index in [-0.39, 0.29) is 16.8 Å². The molecule has 2 aromatic rings. The van der Waals surface area contributed by atoms with Gasteiger partial charge in [0, 0.05) is 25.2 Å². The minimum absolute atomic E-state index is 0.114. The van der Waals surface area contributed by atoms with Gasteiger partial charge in [-0.25, -0.2) is 8.42 Å². The van der Waals surface area contributed by atoms with Gasteiger partial charge >= 0.3 is 0 Å². The molecule has 2 fully saturated rings. The topological polar surface area (TPSA) is 69.7 Å². The molecule has 1 unspecified atom stereocenters. The largest absolute Gasteiger partial charge is 0.350 e. The number of nitrogens with one attached hydrogen (secondary N) is 1. The van der Waals surface area contributed by atoms with Gasteiger partial charge in [0.15, 0.2) is 0 Å². The molecule has 1 atom stereocenters. The van der Waals surface area contributed by atoms with Crippen LogP contribution in [0.4, 0.5) is 0 Å². The molecule has 0 bridgehead atoms. The van der Waals surface area contributed by atoms with E-state index < -0.39 is 10.0 Å². The number of amides is 1. The van der Waals surface area contributed by atoms with E-state index in [0.29, 0.717) is 25.2 Å². The van der Waals surface area contributed by atoms with Crippen LogP contribution in [0.2, 0.25) is 0 Å². The number of likely N-dealkylation sites (tertiary alicyclic amines) is 1. The fourth-order valence-corrected chi connectivity index (χ4v) is 6.28. The maximum atomic E-state index is 13.1. The van der Waals surface area contributed by atoms with Crippen LogP contribution in [0.5, 0.6) is 0 Å². The average molecular weight is 456 g/mol. The van der Waals surface area contributed by atoms with Crippen LogP contribution < -0.4 is 5.32 Å². The lowest BCUT2D eigenvalue weighted by Gasteiger charge is -2.28. The number of sulfonamides is 1. The molecular weight excluding hydrogens is 422 g/mol. The highest BCUT2D eigenvalue weighted by Crippen LogP contribution is 2.26. The minimum Gasteiger partial charge on any atom is -0.350 e. The summed E-state index contributed by atoms with van der Waals surface area (Å²) in [5.41, 5.74) is 2.39. The Balaban J connectivity index is 1.51. The first-order chi connectivity index (χ1) is 15.5. The fraction of sp³-hybridized carbons (Fsp3) is 0.480. The molecule has 2 aliphatic heterocycles. The SMILES string of the molecule is Cc1ccc(S(=O)(=O)N2CCCCC2)cc1C(=O)NCC(c1ccccc1)N1CCCC1. The van der Waals surface area contributed by atoms with Crippen molar-refractivity contribution in [2.24, 2.45) is 0 Å². The lowest BCUT2D eigenvalue weighted by Crippen LogP contribution is -2.37. The van der Waals surface area contributed by atoms with Crippen LogP contribution in [0.15, 0.2) is 53.4 Å². The summed E-state index contributed by atoms with van der Waals surface area (Å²) in [6.45, 7) is 5.49.